The Morgan fingerprint density at radius 3 is 2.26 bits per heavy atom. The van der Waals surface area contributed by atoms with E-state index < -0.39 is 0 Å². The first kappa shape index (κ1) is 14.9. The smallest absolute Gasteiger partial charge is 0.0672 e. The van der Waals surface area contributed by atoms with Gasteiger partial charge in [0.25, 0.3) is 0 Å². The van der Waals surface area contributed by atoms with E-state index in [0.717, 1.165) is 18.3 Å². The van der Waals surface area contributed by atoms with Crippen LogP contribution in [0.15, 0.2) is 0 Å². The highest BCUT2D eigenvalue weighted by Crippen LogP contribution is 2.43. The summed E-state index contributed by atoms with van der Waals surface area (Å²) in [5.41, 5.74) is 0.382. The van der Waals surface area contributed by atoms with Crippen LogP contribution >= 0.6 is 0 Å². The molecule has 1 aliphatic carbocycles. The van der Waals surface area contributed by atoms with Gasteiger partial charge in [-0.05, 0) is 49.9 Å². The van der Waals surface area contributed by atoms with Gasteiger partial charge in [0.1, 0.15) is 0 Å². The van der Waals surface area contributed by atoms with Crippen LogP contribution in [0.2, 0.25) is 0 Å². The van der Waals surface area contributed by atoms with E-state index in [1.807, 2.05) is 0 Å². The second-order valence-corrected chi connectivity index (χ2v) is 8.07. The van der Waals surface area contributed by atoms with Gasteiger partial charge in [-0.15, -0.1) is 0 Å². The maximum atomic E-state index is 9.49. The van der Waals surface area contributed by atoms with E-state index in [4.69, 9.17) is 0 Å². The maximum Gasteiger partial charge on any atom is 0.0672 e. The molecule has 2 nitrogen and oxygen atoms in total. The Morgan fingerprint density at radius 2 is 1.79 bits per heavy atom. The summed E-state index contributed by atoms with van der Waals surface area (Å²) >= 11 is 0. The quantitative estimate of drug-likeness (QED) is 0.712. The summed E-state index contributed by atoms with van der Waals surface area (Å²) in [6.07, 6.45) is 4.85. The number of likely N-dealkylation sites (tertiary alicyclic amines) is 1. The van der Waals surface area contributed by atoms with Gasteiger partial charge in [-0.25, -0.2) is 0 Å². The molecule has 5 unspecified atom stereocenters. The number of rotatable bonds is 1. The van der Waals surface area contributed by atoms with Crippen molar-refractivity contribution in [2.45, 2.75) is 72.4 Å². The lowest BCUT2D eigenvalue weighted by Gasteiger charge is -2.44. The molecular weight excluding hydrogens is 232 g/mol. The van der Waals surface area contributed by atoms with Crippen LogP contribution in [-0.2, 0) is 0 Å². The summed E-state index contributed by atoms with van der Waals surface area (Å²) in [5.74, 6) is 1.82. The fourth-order valence-corrected chi connectivity index (χ4v) is 4.24. The molecule has 0 aromatic carbocycles. The summed E-state index contributed by atoms with van der Waals surface area (Å²) < 4.78 is 0. The largest absolute Gasteiger partial charge is 0.296 e. The minimum atomic E-state index is 0.256. The van der Waals surface area contributed by atoms with E-state index in [2.05, 4.69) is 45.6 Å². The van der Waals surface area contributed by atoms with E-state index in [-0.39, 0.29) is 5.92 Å². The van der Waals surface area contributed by atoms with Crippen LogP contribution in [0, 0.1) is 34.5 Å². The highest BCUT2D eigenvalue weighted by atomic mass is 15.2. The van der Waals surface area contributed by atoms with Crippen molar-refractivity contribution in [3.05, 3.63) is 0 Å². The van der Waals surface area contributed by atoms with Crippen molar-refractivity contribution in [3.63, 3.8) is 0 Å². The van der Waals surface area contributed by atoms with Gasteiger partial charge in [-0.1, -0.05) is 27.7 Å². The second kappa shape index (κ2) is 5.44. The van der Waals surface area contributed by atoms with E-state index in [0.29, 0.717) is 17.5 Å². The normalized spacial score (nSPS) is 41.2. The molecule has 2 aliphatic rings. The Bertz CT molecular complexity index is 349. The van der Waals surface area contributed by atoms with Crippen molar-refractivity contribution in [1.29, 1.82) is 5.26 Å². The topological polar surface area (TPSA) is 27.0 Å². The predicted molar refractivity (Wildman–Crippen MR) is 79.6 cm³/mol. The van der Waals surface area contributed by atoms with Crippen molar-refractivity contribution < 1.29 is 0 Å². The van der Waals surface area contributed by atoms with E-state index in [1.54, 1.807) is 0 Å². The molecule has 2 fully saturated rings. The molecule has 0 aromatic heterocycles. The Labute approximate surface area is 119 Å². The van der Waals surface area contributed by atoms with E-state index >= 15 is 0 Å². The summed E-state index contributed by atoms with van der Waals surface area (Å²) in [5, 5.41) is 9.49. The molecule has 0 N–H and O–H groups in total. The van der Waals surface area contributed by atoms with Crippen molar-refractivity contribution in [2.24, 2.45) is 23.2 Å². The third-order valence-corrected chi connectivity index (χ3v) is 5.47. The first-order valence-electron chi connectivity index (χ1n) is 7.98. The Kier molecular flexibility index (Phi) is 4.26. The Balaban J connectivity index is 2.13. The first-order valence-corrected chi connectivity index (χ1v) is 7.98. The lowest BCUT2D eigenvalue weighted by atomic mass is 9.67. The molecule has 108 valence electrons. The third-order valence-electron chi connectivity index (χ3n) is 5.47. The molecule has 0 spiro atoms. The number of nitrogens with zero attached hydrogens (tertiary/aromatic N) is 2. The molecule has 0 bridgehead atoms. The molecule has 1 saturated heterocycles. The first-order chi connectivity index (χ1) is 8.82. The zero-order chi connectivity index (χ0) is 14.2. The van der Waals surface area contributed by atoms with Gasteiger partial charge in [0.2, 0.25) is 0 Å². The minimum Gasteiger partial charge on any atom is -0.296 e. The van der Waals surface area contributed by atoms with Crippen LogP contribution in [0.4, 0.5) is 0 Å². The summed E-state index contributed by atoms with van der Waals surface area (Å²) in [4.78, 5) is 2.65. The highest BCUT2D eigenvalue weighted by molar-refractivity contribution is 5.01. The molecule has 0 amide bonds. The lowest BCUT2D eigenvalue weighted by Crippen LogP contribution is -2.47. The van der Waals surface area contributed by atoms with Gasteiger partial charge >= 0.3 is 0 Å². The number of hydrogen-bond donors (Lipinski definition) is 0. The predicted octanol–water partition coefficient (Wildman–Crippen LogP) is 4.07. The molecule has 1 aliphatic heterocycles. The maximum absolute atomic E-state index is 9.49. The van der Waals surface area contributed by atoms with Crippen LogP contribution in [0.25, 0.3) is 0 Å². The number of nitriles is 1. The van der Waals surface area contributed by atoms with Crippen molar-refractivity contribution in [3.8, 4) is 6.07 Å². The second-order valence-electron chi connectivity index (χ2n) is 8.07. The molecule has 2 rings (SSSR count). The lowest BCUT2D eigenvalue weighted by molar-refractivity contribution is 0.0554. The fourth-order valence-electron chi connectivity index (χ4n) is 4.24. The van der Waals surface area contributed by atoms with E-state index in [9.17, 15) is 5.26 Å². The molecule has 0 radical (unpaired) electrons. The average molecular weight is 262 g/mol. The van der Waals surface area contributed by atoms with Gasteiger partial charge in [0.15, 0.2) is 0 Å². The van der Waals surface area contributed by atoms with Gasteiger partial charge in [0, 0.05) is 18.6 Å². The van der Waals surface area contributed by atoms with Crippen LogP contribution in [0.5, 0.6) is 0 Å². The molecule has 1 heterocycles. The monoisotopic (exact) mass is 262 g/mol. The van der Waals surface area contributed by atoms with Crippen LogP contribution < -0.4 is 0 Å². The Morgan fingerprint density at radius 1 is 1.11 bits per heavy atom. The van der Waals surface area contributed by atoms with Crippen molar-refractivity contribution in [2.75, 3.05) is 6.54 Å². The van der Waals surface area contributed by atoms with Crippen LogP contribution in [0.1, 0.15) is 60.3 Å². The van der Waals surface area contributed by atoms with Gasteiger partial charge in [0.05, 0.1) is 12.0 Å². The van der Waals surface area contributed by atoms with Gasteiger partial charge in [-0.2, -0.15) is 5.26 Å². The SMILES string of the molecule is CC1CC(C)N(C2CC(C(C)(C)C)CCC2C#N)C1. The van der Waals surface area contributed by atoms with Crippen LogP contribution in [-0.4, -0.2) is 23.5 Å². The zero-order valence-electron chi connectivity index (χ0n) is 13.3. The summed E-state index contributed by atoms with van der Waals surface area (Å²) in [6.45, 7) is 13.0. The van der Waals surface area contributed by atoms with Gasteiger partial charge in [-0.3, -0.25) is 4.90 Å². The summed E-state index contributed by atoms with van der Waals surface area (Å²) in [6, 6.07) is 3.76. The third kappa shape index (κ3) is 3.14. The highest BCUT2D eigenvalue weighted by Gasteiger charge is 2.42. The Hall–Kier alpha value is -0.550. The minimum absolute atomic E-state index is 0.256. The van der Waals surface area contributed by atoms with Crippen molar-refractivity contribution in [1.82, 2.24) is 4.90 Å². The molecule has 19 heavy (non-hydrogen) atoms. The standard InChI is InChI=1S/C17H30N2/c1-12-8-13(2)19(11-12)16-9-15(17(3,4)5)7-6-14(16)10-18/h12-16H,6-9,11H2,1-5H3. The molecular formula is C17H30N2. The average Bonchev–Trinajstić information content (AvgIpc) is 2.66. The van der Waals surface area contributed by atoms with Crippen molar-refractivity contribution >= 4 is 0 Å². The van der Waals surface area contributed by atoms with Gasteiger partial charge < -0.3 is 0 Å². The molecule has 5 atom stereocenters. The summed E-state index contributed by atoms with van der Waals surface area (Å²) in [7, 11) is 0. The fraction of sp³-hybridized carbons (Fsp3) is 0.941. The molecule has 0 aromatic rings. The number of hydrogen-bond acceptors (Lipinski definition) is 2. The molecule has 1 saturated carbocycles. The molecule has 2 heteroatoms. The van der Waals surface area contributed by atoms with E-state index in [1.165, 1.54) is 25.8 Å². The van der Waals surface area contributed by atoms with Crippen LogP contribution in [0.3, 0.4) is 0 Å². The zero-order valence-corrected chi connectivity index (χ0v) is 13.3.